The molecule has 0 spiro atoms. The highest BCUT2D eigenvalue weighted by Gasteiger charge is 2.60. The predicted octanol–water partition coefficient (Wildman–Crippen LogP) is 3.36. The molecule has 4 rings (SSSR count). The highest BCUT2D eigenvalue weighted by molar-refractivity contribution is 5.10. The zero-order valence-electron chi connectivity index (χ0n) is 15.5. The van der Waals surface area contributed by atoms with E-state index >= 15 is 0 Å². The third kappa shape index (κ3) is 2.34. The van der Waals surface area contributed by atoms with E-state index < -0.39 is 6.10 Å². The molecule has 0 amide bonds. The standard InChI is InChI=1S/C21H36O3/c1-20-9-7-14(23)11-13(20)3-4-15-16-5-6-18(19(24)12-22)21(16,2)10-8-17(15)20/h13-19,22-24H,3-12H2,1-2H3/t13-,14+,15+,16+,17+,18-,19?,20+,21+/m1/s1. The summed E-state index contributed by atoms with van der Waals surface area (Å²) in [6, 6.07) is 0. The largest absolute Gasteiger partial charge is 0.394 e. The Morgan fingerprint density at radius 1 is 0.917 bits per heavy atom. The van der Waals surface area contributed by atoms with E-state index in [0.29, 0.717) is 11.3 Å². The van der Waals surface area contributed by atoms with Crippen molar-refractivity contribution in [3.63, 3.8) is 0 Å². The number of aliphatic hydroxyl groups excluding tert-OH is 3. The molecule has 4 aliphatic rings. The minimum Gasteiger partial charge on any atom is -0.394 e. The number of fused-ring (bicyclic) bond motifs is 5. The van der Waals surface area contributed by atoms with E-state index in [1.807, 2.05) is 0 Å². The first-order chi connectivity index (χ1) is 11.4. The third-order valence-electron chi connectivity index (χ3n) is 9.36. The van der Waals surface area contributed by atoms with Gasteiger partial charge in [-0.3, -0.25) is 0 Å². The molecule has 0 aromatic carbocycles. The summed E-state index contributed by atoms with van der Waals surface area (Å²) in [6.07, 6.45) is 10.0. The van der Waals surface area contributed by atoms with Gasteiger partial charge in [-0.15, -0.1) is 0 Å². The first-order valence-corrected chi connectivity index (χ1v) is 10.4. The maximum Gasteiger partial charge on any atom is 0.0804 e. The molecule has 4 fully saturated rings. The van der Waals surface area contributed by atoms with Gasteiger partial charge in [0.05, 0.1) is 18.8 Å². The summed E-state index contributed by atoms with van der Waals surface area (Å²) in [6.45, 7) is 4.85. The minimum atomic E-state index is -0.534. The summed E-state index contributed by atoms with van der Waals surface area (Å²) < 4.78 is 0. The van der Waals surface area contributed by atoms with E-state index in [0.717, 1.165) is 37.0 Å². The number of hydrogen-bond donors (Lipinski definition) is 3. The van der Waals surface area contributed by atoms with Gasteiger partial charge in [-0.2, -0.15) is 0 Å². The summed E-state index contributed by atoms with van der Waals surface area (Å²) in [7, 11) is 0. The van der Waals surface area contributed by atoms with Crippen LogP contribution in [0, 0.1) is 40.4 Å². The zero-order chi connectivity index (χ0) is 17.1. The van der Waals surface area contributed by atoms with Crippen molar-refractivity contribution in [1.29, 1.82) is 0 Å². The quantitative estimate of drug-likeness (QED) is 0.724. The van der Waals surface area contributed by atoms with Crippen LogP contribution in [0.4, 0.5) is 0 Å². The van der Waals surface area contributed by atoms with Crippen LogP contribution in [0.3, 0.4) is 0 Å². The fraction of sp³-hybridized carbons (Fsp3) is 1.00. The first kappa shape index (κ1) is 17.3. The molecule has 3 N–H and O–H groups in total. The second-order valence-corrected chi connectivity index (χ2v) is 10.1. The lowest BCUT2D eigenvalue weighted by atomic mass is 9.44. The lowest BCUT2D eigenvalue weighted by molar-refractivity contribution is -0.134. The molecule has 0 heterocycles. The van der Waals surface area contributed by atoms with E-state index in [2.05, 4.69) is 13.8 Å². The van der Waals surface area contributed by atoms with E-state index in [9.17, 15) is 15.3 Å². The highest BCUT2D eigenvalue weighted by atomic mass is 16.3. The minimum absolute atomic E-state index is 0.0657. The molecule has 3 heteroatoms. The summed E-state index contributed by atoms with van der Waals surface area (Å²) in [5.41, 5.74) is 0.651. The smallest absolute Gasteiger partial charge is 0.0804 e. The van der Waals surface area contributed by atoms with Crippen molar-refractivity contribution in [2.45, 2.75) is 83.8 Å². The second-order valence-electron chi connectivity index (χ2n) is 10.1. The van der Waals surface area contributed by atoms with Crippen LogP contribution >= 0.6 is 0 Å². The number of hydrogen-bond acceptors (Lipinski definition) is 3. The Bertz CT molecular complexity index is 480. The molecular weight excluding hydrogens is 300 g/mol. The summed E-state index contributed by atoms with van der Waals surface area (Å²) in [5, 5.41) is 29.9. The monoisotopic (exact) mass is 336 g/mol. The molecule has 9 atom stereocenters. The van der Waals surface area contributed by atoms with Crippen LogP contribution in [0.25, 0.3) is 0 Å². The van der Waals surface area contributed by atoms with Gasteiger partial charge in [-0.05, 0) is 98.2 Å². The van der Waals surface area contributed by atoms with Crippen LogP contribution in [0.5, 0.6) is 0 Å². The van der Waals surface area contributed by atoms with Gasteiger partial charge in [-0.25, -0.2) is 0 Å². The van der Waals surface area contributed by atoms with Crippen molar-refractivity contribution in [2.24, 2.45) is 40.4 Å². The summed E-state index contributed by atoms with van der Waals surface area (Å²) in [4.78, 5) is 0. The topological polar surface area (TPSA) is 60.7 Å². The third-order valence-corrected chi connectivity index (χ3v) is 9.36. The van der Waals surface area contributed by atoms with Gasteiger partial charge in [0.15, 0.2) is 0 Å². The molecule has 1 unspecified atom stereocenters. The van der Waals surface area contributed by atoms with Gasteiger partial charge >= 0.3 is 0 Å². The molecule has 4 aliphatic carbocycles. The normalized spacial score (nSPS) is 55.4. The molecule has 0 aromatic heterocycles. The molecule has 24 heavy (non-hydrogen) atoms. The maximum atomic E-state index is 10.3. The Hall–Kier alpha value is -0.120. The molecule has 0 saturated heterocycles. The average Bonchev–Trinajstić information content (AvgIpc) is 2.92. The van der Waals surface area contributed by atoms with E-state index in [-0.39, 0.29) is 24.0 Å². The van der Waals surface area contributed by atoms with E-state index in [1.165, 1.54) is 38.5 Å². The van der Waals surface area contributed by atoms with Crippen molar-refractivity contribution in [1.82, 2.24) is 0 Å². The highest BCUT2D eigenvalue weighted by Crippen LogP contribution is 2.67. The first-order valence-electron chi connectivity index (χ1n) is 10.4. The summed E-state index contributed by atoms with van der Waals surface area (Å²) >= 11 is 0. The number of rotatable bonds is 2. The van der Waals surface area contributed by atoms with Gasteiger partial charge in [0.25, 0.3) is 0 Å². The Kier molecular flexibility index (Phi) is 4.29. The van der Waals surface area contributed by atoms with Crippen molar-refractivity contribution >= 4 is 0 Å². The average molecular weight is 337 g/mol. The second kappa shape index (κ2) is 5.96. The van der Waals surface area contributed by atoms with Crippen LogP contribution < -0.4 is 0 Å². The SMILES string of the molecule is C[C@]12CC[C@H](O)C[C@H]1CC[C@@H]1[C@@H]2CC[C@]2(C)[C@@H](C(O)CO)CC[C@@H]12. The molecule has 0 radical (unpaired) electrons. The van der Waals surface area contributed by atoms with Crippen molar-refractivity contribution in [3.05, 3.63) is 0 Å². The van der Waals surface area contributed by atoms with Gasteiger partial charge in [0.1, 0.15) is 0 Å². The van der Waals surface area contributed by atoms with Gasteiger partial charge < -0.3 is 15.3 Å². The van der Waals surface area contributed by atoms with Crippen LogP contribution in [0.2, 0.25) is 0 Å². The zero-order valence-corrected chi connectivity index (χ0v) is 15.5. The summed E-state index contributed by atoms with van der Waals surface area (Å²) in [5.74, 6) is 3.34. The van der Waals surface area contributed by atoms with Crippen molar-refractivity contribution in [2.75, 3.05) is 6.61 Å². The van der Waals surface area contributed by atoms with Crippen LogP contribution in [-0.4, -0.2) is 34.1 Å². The lowest BCUT2D eigenvalue weighted by Gasteiger charge is -2.61. The fourth-order valence-corrected chi connectivity index (χ4v) is 8.04. The molecule has 138 valence electrons. The van der Waals surface area contributed by atoms with Crippen molar-refractivity contribution < 1.29 is 15.3 Å². The van der Waals surface area contributed by atoms with Gasteiger partial charge in [-0.1, -0.05) is 13.8 Å². The molecule has 0 bridgehead atoms. The Labute approximate surface area is 146 Å². The van der Waals surface area contributed by atoms with Crippen LogP contribution in [0.1, 0.15) is 71.6 Å². The van der Waals surface area contributed by atoms with Gasteiger partial charge in [0.2, 0.25) is 0 Å². The van der Waals surface area contributed by atoms with Crippen molar-refractivity contribution in [3.8, 4) is 0 Å². The van der Waals surface area contributed by atoms with Gasteiger partial charge in [0, 0.05) is 0 Å². The predicted molar refractivity (Wildman–Crippen MR) is 94.3 cm³/mol. The molecule has 0 aliphatic heterocycles. The molecule has 4 saturated carbocycles. The lowest BCUT2D eigenvalue weighted by Crippen LogP contribution is -2.54. The number of aliphatic hydroxyl groups is 3. The Morgan fingerprint density at radius 2 is 1.62 bits per heavy atom. The molecule has 3 nitrogen and oxygen atoms in total. The molecule has 0 aromatic rings. The molecular formula is C21H36O3. The Balaban J connectivity index is 1.59. The van der Waals surface area contributed by atoms with E-state index in [4.69, 9.17) is 0 Å². The maximum absolute atomic E-state index is 10.3. The van der Waals surface area contributed by atoms with E-state index in [1.54, 1.807) is 0 Å². The Morgan fingerprint density at radius 3 is 2.38 bits per heavy atom. The van der Waals surface area contributed by atoms with Crippen LogP contribution in [-0.2, 0) is 0 Å². The fourth-order valence-electron chi connectivity index (χ4n) is 8.04. The van der Waals surface area contributed by atoms with Crippen LogP contribution in [0.15, 0.2) is 0 Å².